The second-order valence-corrected chi connectivity index (χ2v) is 3.32. The lowest BCUT2D eigenvalue weighted by Gasteiger charge is -1.86. The zero-order valence-corrected chi connectivity index (χ0v) is 8.84. The summed E-state index contributed by atoms with van der Waals surface area (Å²) in [7, 11) is 0. The van der Waals surface area contributed by atoms with Crippen LogP contribution in [0.1, 0.15) is 5.56 Å². The van der Waals surface area contributed by atoms with Crippen LogP contribution in [0.15, 0.2) is 60.7 Å². The lowest BCUT2D eigenvalue weighted by atomic mass is 10.2. The van der Waals surface area contributed by atoms with Crippen molar-refractivity contribution in [2.75, 3.05) is 0 Å². The minimum Gasteiger partial charge on any atom is -0.122 e. The summed E-state index contributed by atoms with van der Waals surface area (Å²) < 4.78 is 0. The fourth-order valence-corrected chi connectivity index (χ4v) is 1.29. The Kier molecular flexibility index (Phi) is 3.57. The zero-order chi connectivity index (χ0) is 11.1. The molecule has 0 saturated heterocycles. The van der Waals surface area contributed by atoms with Gasteiger partial charge in [-0.3, -0.25) is 0 Å². The Morgan fingerprint density at radius 3 is 2.19 bits per heavy atom. The van der Waals surface area contributed by atoms with Crippen LogP contribution in [0.5, 0.6) is 5.75 Å². The average molecular weight is 210 g/mol. The third-order valence-electron chi connectivity index (χ3n) is 2.08. The molecule has 0 atom stereocenters. The molecule has 0 fully saturated rings. The van der Waals surface area contributed by atoms with Gasteiger partial charge in [-0.05, 0) is 17.7 Å². The Hall–Kier alpha value is -2.27. The van der Waals surface area contributed by atoms with E-state index in [-0.39, 0.29) is 0 Å². The van der Waals surface area contributed by atoms with Crippen molar-refractivity contribution in [3.8, 4) is 11.8 Å². The molecule has 0 saturated carbocycles. The summed E-state index contributed by atoms with van der Waals surface area (Å²) in [6.45, 7) is 0. The van der Waals surface area contributed by atoms with Gasteiger partial charge in [0.1, 0.15) is 6.42 Å². The van der Waals surface area contributed by atoms with Gasteiger partial charge in [0.05, 0.1) is 0 Å². The van der Waals surface area contributed by atoms with Crippen LogP contribution in [-0.2, 0) is 6.42 Å². The van der Waals surface area contributed by atoms with Crippen molar-refractivity contribution < 1.29 is 4.84 Å². The Morgan fingerprint density at radius 1 is 0.875 bits per heavy atom. The molecule has 2 rings (SSSR count). The van der Waals surface area contributed by atoms with Gasteiger partial charge in [0.2, 0.25) is 10.8 Å². The van der Waals surface area contributed by atoms with Crippen LogP contribution in [0.3, 0.4) is 0 Å². The summed E-state index contributed by atoms with van der Waals surface area (Å²) in [6, 6.07) is 22.4. The molecule has 2 aromatic carbocycles. The molecule has 16 heavy (non-hydrogen) atoms. The van der Waals surface area contributed by atoms with E-state index >= 15 is 0 Å². The lowest BCUT2D eigenvalue weighted by molar-refractivity contribution is 0.473. The smallest absolute Gasteiger partial charge is 0.122 e. The first kappa shape index (κ1) is 10.3. The first-order valence-electron chi connectivity index (χ1n) is 5.14. The number of rotatable bonds is 2. The van der Waals surface area contributed by atoms with Gasteiger partial charge in [-0.1, -0.05) is 48.5 Å². The van der Waals surface area contributed by atoms with E-state index in [9.17, 15) is 0 Å². The van der Waals surface area contributed by atoms with Gasteiger partial charge in [-0.15, -0.1) is 4.84 Å². The van der Waals surface area contributed by atoms with Crippen LogP contribution < -0.4 is 4.84 Å². The maximum Gasteiger partial charge on any atom is 0.355 e. The third-order valence-corrected chi connectivity index (χ3v) is 2.08. The molecule has 0 heterocycles. The molecule has 0 N–H and O–H groups in total. The highest BCUT2D eigenvalue weighted by atomic mass is 16.6. The molecule has 0 spiro atoms. The third kappa shape index (κ3) is 3.14. The summed E-state index contributed by atoms with van der Waals surface area (Å²) >= 11 is 0. The maximum absolute atomic E-state index is 5.14. The predicted molar refractivity (Wildman–Crippen MR) is 64.5 cm³/mol. The van der Waals surface area contributed by atoms with Gasteiger partial charge < -0.3 is 0 Å². The molecule has 0 bridgehead atoms. The van der Waals surface area contributed by atoms with Crippen LogP contribution in [0.25, 0.3) is 5.01 Å². The van der Waals surface area contributed by atoms with Gasteiger partial charge >= 0.3 is 6.07 Å². The summed E-state index contributed by atoms with van der Waals surface area (Å²) in [5, 5.41) is 3.79. The van der Waals surface area contributed by atoms with Crippen LogP contribution in [-0.4, -0.2) is 0 Å². The van der Waals surface area contributed by atoms with Crippen LogP contribution in [0.4, 0.5) is 0 Å². The Bertz CT molecular complexity index is 437. The van der Waals surface area contributed by atoms with E-state index in [4.69, 9.17) is 4.84 Å². The van der Waals surface area contributed by atoms with Crippen molar-refractivity contribution >= 4 is 0 Å². The van der Waals surface area contributed by atoms with Crippen LogP contribution >= 0.6 is 0 Å². The van der Waals surface area contributed by atoms with Gasteiger partial charge in [0, 0.05) is 0 Å². The van der Waals surface area contributed by atoms with E-state index in [2.05, 4.69) is 11.1 Å². The van der Waals surface area contributed by atoms with Crippen LogP contribution in [0, 0.1) is 6.07 Å². The average Bonchev–Trinajstić information content (AvgIpc) is 2.37. The van der Waals surface area contributed by atoms with Crippen molar-refractivity contribution in [3.05, 3.63) is 71.2 Å². The molecule has 0 aromatic heterocycles. The molecule has 0 unspecified atom stereocenters. The monoisotopic (exact) mass is 210 g/mol. The number of hydrogen-bond acceptors (Lipinski definition) is 1. The van der Waals surface area contributed by atoms with Gasteiger partial charge in [0.15, 0.2) is 0 Å². The lowest BCUT2D eigenvalue weighted by Crippen LogP contribution is -1.81. The van der Waals surface area contributed by atoms with E-state index in [0.29, 0.717) is 6.42 Å². The molecule has 0 aliphatic heterocycles. The zero-order valence-electron chi connectivity index (χ0n) is 8.84. The summed E-state index contributed by atoms with van der Waals surface area (Å²) in [5.74, 6) is 0.725. The molecule has 0 amide bonds. The van der Waals surface area contributed by atoms with Crippen molar-refractivity contribution in [1.29, 1.82) is 0 Å². The predicted octanol–water partition coefficient (Wildman–Crippen LogP) is 3.56. The SMILES string of the molecule is C(Cc1ccccc1)#[N+]Oc1ccccc1. The normalized spacial score (nSPS) is 9.00. The summed E-state index contributed by atoms with van der Waals surface area (Å²) in [6.07, 6.45) is 0.660. The molecule has 2 nitrogen and oxygen atoms in total. The molecule has 2 aromatic rings. The summed E-state index contributed by atoms with van der Waals surface area (Å²) in [5.41, 5.74) is 1.17. The van der Waals surface area contributed by atoms with E-state index in [1.165, 1.54) is 5.56 Å². The minimum absolute atomic E-state index is 0.660. The van der Waals surface area contributed by atoms with Crippen molar-refractivity contribution in [2.24, 2.45) is 0 Å². The minimum atomic E-state index is 0.660. The Morgan fingerprint density at radius 2 is 1.50 bits per heavy atom. The highest BCUT2D eigenvalue weighted by molar-refractivity contribution is 5.22. The summed E-state index contributed by atoms with van der Waals surface area (Å²) in [4.78, 5) is 5.14. The second kappa shape index (κ2) is 5.57. The van der Waals surface area contributed by atoms with Crippen molar-refractivity contribution in [1.82, 2.24) is 0 Å². The molecule has 78 valence electrons. The molecular weight excluding hydrogens is 198 g/mol. The number of hydrogen-bond donors (Lipinski definition) is 0. The molecule has 0 aliphatic carbocycles. The molecule has 0 aliphatic rings. The molecule has 0 radical (unpaired) electrons. The maximum atomic E-state index is 5.14. The van der Waals surface area contributed by atoms with E-state index in [1.54, 1.807) is 0 Å². The quantitative estimate of drug-likeness (QED) is 0.691. The topological polar surface area (TPSA) is 13.6 Å². The van der Waals surface area contributed by atoms with Crippen molar-refractivity contribution in [3.63, 3.8) is 0 Å². The Balaban J connectivity index is 1.88. The van der Waals surface area contributed by atoms with Gasteiger partial charge in [0.25, 0.3) is 0 Å². The number of nitrogens with zero attached hydrogens (tertiary/aromatic N) is 1. The van der Waals surface area contributed by atoms with Gasteiger partial charge in [-0.25, -0.2) is 0 Å². The highest BCUT2D eigenvalue weighted by Crippen LogP contribution is 2.08. The first-order valence-corrected chi connectivity index (χ1v) is 5.14. The largest absolute Gasteiger partial charge is 0.355 e. The van der Waals surface area contributed by atoms with Gasteiger partial charge in [-0.2, -0.15) is 0 Å². The number of para-hydroxylation sites is 1. The first-order chi connectivity index (χ1) is 7.95. The van der Waals surface area contributed by atoms with E-state index in [0.717, 1.165) is 5.75 Å². The van der Waals surface area contributed by atoms with E-state index in [1.807, 2.05) is 60.7 Å². The van der Waals surface area contributed by atoms with E-state index < -0.39 is 0 Å². The number of benzene rings is 2. The van der Waals surface area contributed by atoms with Crippen LogP contribution in [0.2, 0.25) is 0 Å². The second-order valence-electron chi connectivity index (χ2n) is 3.32. The fourth-order valence-electron chi connectivity index (χ4n) is 1.29. The molecular formula is C14H12NO+. The van der Waals surface area contributed by atoms with Crippen molar-refractivity contribution in [2.45, 2.75) is 6.42 Å². The highest BCUT2D eigenvalue weighted by Gasteiger charge is 1.97. The standard InChI is InChI=1S/C14H12NO/c1-3-7-13(8-4-1)11-12-15-16-14-9-5-2-6-10-14/h1-10H,11H2/q+1. The fraction of sp³-hybridized carbons (Fsp3) is 0.0714. The Labute approximate surface area is 94.9 Å². The molecule has 2 heteroatoms.